The Hall–Kier alpha value is -2.22. The summed E-state index contributed by atoms with van der Waals surface area (Å²) >= 11 is 0. The van der Waals surface area contributed by atoms with Crippen LogP contribution in [0.5, 0.6) is 0 Å². The third kappa shape index (κ3) is 3.81. The van der Waals surface area contributed by atoms with E-state index in [0.717, 1.165) is 12.8 Å². The van der Waals surface area contributed by atoms with E-state index in [2.05, 4.69) is 10.2 Å². The van der Waals surface area contributed by atoms with Crippen LogP contribution in [0.3, 0.4) is 0 Å². The number of piperidine rings is 1. The first-order chi connectivity index (χ1) is 11.6. The van der Waals surface area contributed by atoms with Crippen LogP contribution in [-0.4, -0.2) is 53.1 Å². The van der Waals surface area contributed by atoms with E-state index in [1.807, 2.05) is 0 Å². The van der Waals surface area contributed by atoms with Gasteiger partial charge in [0.15, 0.2) is 9.84 Å². The number of carbonyl (C=O) groups excluding carboxylic acids is 1. The summed E-state index contributed by atoms with van der Waals surface area (Å²) in [5.41, 5.74) is 0. The molecule has 0 N–H and O–H groups in total. The normalized spacial score (nSPS) is 16.2. The summed E-state index contributed by atoms with van der Waals surface area (Å²) in [5.74, 6) is -0.266. The predicted octanol–water partition coefficient (Wildman–Crippen LogP) is 1.31. The lowest BCUT2D eigenvalue weighted by Crippen LogP contribution is -2.40. The molecule has 0 aliphatic carbocycles. The minimum Gasteiger partial charge on any atom is -0.343 e. The molecule has 7 nitrogen and oxygen atoms in total. The molecule has 1 aromatic heterocycles. The monoisotopic (exact) mass is 348 g/mol. The van der Waals surface area contributed by atoms with Crippen molar-refractivity contribution in [3.8, 4) is 0 Å². The van der Waals surface area contributed by atoms with Gasteiger partial charge in [0.2, 0.25) is 5.91 Å². The Labute approximate surface area is 141 Å². The smallest absolute Gasteiger partial charge is 0.223 e. The minimum atomic E-state index is -3.41. The van der Waals surface area contributed by atoms with Gasteiger partial charge in [0.1, 0.15) is 0 Å². The van der Waals surface area contributed by atoms with E-state index in [1.54, 1.807) is 52.4 Å². The highest BCUT2D eigenvalue weighted by atomic mass is 32.2. The van der Waals surface area contributed by atoms with Crippen LogP contribution in [0, 0.1) is 0 Å². The Balaban J connectivity index is 1.51. The molecule has 1 fully saturated rings. The zero-order chi connectivity index (χ0) is 17.0. The van der Waals surface area contributed by atoms with Gasteiger partial charge in [0.05, 0.1) is 29.1 Å². The van der Waals surface area contributed by atoms with Gasteiger partial charge >= 0.3 is 0 Å². The molecular weight excluding hydrogens is 328 g/mol. The molecule has 0 bridgehead atoms. The van der Waals surface area contributed by atoms with Crippen molar-refractivity contribution in [3.05, 3.63) is 42.7 Å². The van der Waals surface area contributed by atoms with Crippen LogP contribution in [-0.2, 0) is 14.6 Å². The van der Waals surface area contributed by atoms with Gasteiger partial charge < -0.3 is 4.90 Å². The summed E-state index contributed by atoms with van der Waals surface area (Å²) in [7, 11) is -3.41. The lowest BCUT2D eigenvalue weighted by Gasteiger charge is -2.31. The molecule has 3 rings (SSSR count). The summed E-state index contributed by atoms with van der Waals surface area (Å²) in [6.45, 7) is 1.22. The largest absolute Gasteiger partial charge is 0.343 e. The van der Waals surface area contributed by atoms with Crippen molar-refractivity contribution in [1.29, 1.82) is 0 Å². The lowest BCUT2D eigenvalue weighted by atomic mass is 10.1. The van der Waals surface area contributed by atoms with Gasteiger partial charge in [0, 0.05) is 19.5 Å². The number of likely N-dealkylation sites (tertiary alicyclic amines) is 1. The van der Waals surface area contributed by atoms with Crippen LogP contribution in [0.4, 0.5) is 0 Å². The predicted molar refractivity (Wildman–Crippen MR) is 88.0 cm³/mol. The quantitative estimate of drug-likeness (QED) is 0.813. The van der Waals surface area contributed by atoms with Gasteiger partial charge in [-0.1, -0.05) is 18.2 Å². The number of carbonyl (C=O) groups is 1. The van der Waals surface area contributed by atoms with Crippen molar-refractivity contribution in [1.82, 2.24) is 19.9 Å². The zero-order valence-corrected chi connectivity index (χ0v) is 14.1. The standard InChI is InChI=1S/C16H20N4O3S/c21-16(8-13-24(22,23)15-4-2-1-3-5-15)19-11-6-14(7-12-19)20-17-9-10-18-20/h1-5,9-10,14H,6-8,11-13H2. The van der Waals surface area contributed by atoms with Crippen LogP contribution < -0.4 is 0 Å². The van der Waals surface area contributed by atoms with Gasteiger partial charge in [-0.3, -0.25) is 4.79 Å². The zero-order valence-electron chi connectivity index (χ0n) is 13.3. The highest BCUT2D eigenvalue weighted by Crippen LogP contribution is 2.21. The average molecular weight is 348 g/mol. The number of sulfone groups is 1. The second-order valence-electron chi connectivity index (χ2n) is 5.84. The number of hydrogen-bond acceptors (Lipinski definition) is 5. The van der Waals surface area contributed by atoms with Crippen molar-refractivity contribution >= 4 is 15.7 Å². The number of rotatable bonds is 5. The molecule has 2 heterocycles. The van der Waals surface area contributed by atoms with E-state index in [0.29, 0.717) is 13.1 Å². The molecule has 0 radical (unpaired) electrons. The average Bonchev–Trinajstić information content (AvgIpc) is 3.15. The third-order valence-corrected chi connectivity index (χ3v) is 6.00. The molecule has 128 valence electrons. The molecular formula is C16H20N4O3S. The highest BCUT2D eigenvalue weighted by molar-refractivity contribution is 7.91. The van der Waals surface area contributed by atoms with Gasteiger partial charge in [-0.2, -0.15) is 15.0 Å². The third-order valence-electron chi connectivity index (χ3n) is 4.27. The van der Waals surface area contributed by atoms with Gasteiger partial charge in [-0.05, 0) is 25.0 Å². The molecule has 1 saturated heterocycles. The summed E-state index contributed by atoms with van der Waals surface area (Å²) < 4.78 is 24.5. The van der Waals surface area contributed by atoms with E-state index in [4.69, 9.17) is 0 Å². The first-order valence-corrected chi connectivity index (χ1v) is 9.63. The maximum absolute atomic E-state index is 12.3. The Kier molecular flexibility index (Phi) is 4.94. The van der Waals surface area contributed by atoms with E-state index in [1.165, 1.54) is 0 Å². The van der Waals surface area contributed by atoms with Crippen LogP contribution in [0.2, 0.25) is 0 Å². The summed E-state index contributed by atoms with van der Waals surface area (Å²) in [5, 5.41) is 8.27. The minimum absolute atomic E-state index is 0.0158. The van der Waals surface area contributed by atoms with E-state index in [9.17, 15) is 13.2 Å². The number of benzene rings is 1. The van der Waals surface area contributed by atoms with Crippen molar-refractivity contribution in [2.75, 3.05) is 18.8 Å². The van der Waals surface area contributed by atoms with Crippen LogP contribution >= 0.6 is 0 Å². The highest BCUT2D eigenvalue weighted by Gasteiger charge is 2.25. The van der Waals surface area contributed by atoms with E-state index >= 15 is 0 Å². The number of aromatic nitrogens is 3. The van der Waals surface area contributed by atoms with Crippen molar-refractivity contribution in [2.45, 2.75) is 30.2 Å². The first kappa shape index (κ1) is 16.6. The Morgan fingerprint density at radius 3 is 2.33 bits per heavy atom. The lowest BCUT2D eigenvalue weighted by molar-refractivity contribution is -0.132. The van der Waals surface area contributed by atoms with E-state index in [-0.39, 0.29) is 29.0 Å². The maximum atomic E-state index is 12.3. The van der Waals surface area contributed by atoms with E-state index < -0.39 is 9.84 Å². The van der Waals surface area contributed by atoms with Crippen molar-refractivity contribution in [3.63, 3.8) is 0 Å². The fourth-order valence-corrected chi connectivity index (χ4v) is 4.14. The first-order valence-electron chi connectivity index (χ1n) is 7.97. The molecule has 2 aromatic rings. The van der Waals surface area contributed by atoms with Crippen LogP contribution in [0.25, 0.3) is 0 Å². The Morgan fingerprint density at radius 1 is 1.08 bits per heavy atom. The van der Waals surface area contributed by atoms with Crippen molar-refractivity contribution in [2.24, 2.45) is 0 Å². The molecule has 0 saturated carbocycles. The number of amides is 1. The number of hydrogen-bond donors (Lipinski definition) is 0. The van der Waals surface area contributed by atoms with Gasteiger partial charge in [-0.15, -0.1) is 0 Å². The summed E-state index contributed by atoms with van der Waals surface area (Å²) in [4.78, 5) is 16.0. The van der Waals surface area contributed by atoms with Crippen molar-refractivity contribution < 1.29 is 13.2 Å². The Morgan fingerprint density at radius 2 is 1.71 bits per heavy atom. The molecule has 0 spiro atoms. The van der Waals surface area contributed by atoms with Gasteiger partial charge in [-0.25, -0.2) is 8.42 Å². The van der Waals surface area contributed by atoms with Crippen LogP contribution in [0.15, 0.2) is 47.6 Å². The van der Waals surface area contributed by atoms with Crippen LogP contribution in [0.1, 0.15) is 25.3 Å². The molecule has 1 aliphatic heterocycles. The number of nitrogens with zero attached hydrogens (tertiary/aromatic N) is 4. The molecule has 8 heteroatoms. The fourth-order valence-electron chi connectivity index (χ4n) is 2.89. The summed E-state index contributed by atoms with van der Waals surface area (Å²) in [6.07, 6.45) is 4.87. The molecule has 1 aliphatic rings. The second kappa shape index (κ2) is 7.12. The molecule has 1 aromatic carbocycles. The second-order valence-corrected chi connectivity index (χ2v) is 7.95. The molecule has 0 atom stereocenters. The van der Waals surface area contributed by atoms with Gasteiger partial charge in [0.25, 0.3) is 0 Å². The molecule has 1 amide bonds. The molecule has 24 heavy (non-hydrogen) atoms. The SMILES string of the molecule is O=C(CCS(=O)(=O)c1ccccc1)N1CCC(n2nccn2)CC1. The maximum Gasteiger partial charge on any atom is 0.223 e. The molecule has 0 unspecified atom stereocenters. The topological polar surface area (TPSA) is 85.2 Å². The summed E-state index contributed by atoms with van der Waals surface area (Å²) in [6, 6.07) is 8.45. The fraction of sp³-hybridized carbons (Fsp3) is 0.438. The Bertz CT molecular complexity index is 767.